The zero-order chi connectivity index (χ0) is 13.9. The molecule has 2 amide bonds. The van der Waals surface area contributed by atoms with Gasteiger partial charge in [-0.3, -0.25) is 9.59 Å². The van der Waals surface area contributed by atoms with Gasteiger partial charge in [0.05, 0.1) is 19.8 Å². The third kappa shape index (κ3) is 2.81. The molecule has 2 aliphatic rings. The summed E-state index contributed by atoms with van der Waals surface area (Å²) >= 11 is 0. The summed E-state index contributed by atoms with van der Waals surface area (Å²) < 4.78 is 10.5. The van der Waals surface area contributed by atoms with E-state index in [0.717, 1.165) is 17.7 Å². The first-order chi connectivity index (χ1) is 9.72. The second-order valence-electron chi connectivity index (χ2n) is 4.84. The predicted octanol–water partition coefficient (Wildman–Crippen LogP) is 0.925. The zero-order valence-corrected chi connectivity index (χ0v) is 11.0. The fourth-order valence-electron chi connectivity index (χ4n) is 2.31. The summed E-state index contributed by atoms with van der Waals surface area (Å²) in [7, 11) is 0. The number of anilines is 2. The summed E-state index contributed by atoms with van der Waals surface area (Å²) in [6.45, 7) is 1.22. The molecule has 6 heteroatoms. The molecule has 0 aliphatic carbocycles. The second-order valence-corrected chi connectivity index (χ2v) is 4.84. The molecule has 2 aliphatic heterocycles. The summed E-state index contributed by atoms with van der Waals surface area (Å²) in [6.07, 6.45) is 0.662. The van der Waals surface area contributed by atoms with Crippen LogP contribution in [0.2, 0.25) is 0 Å². The Balaban J connectivity index is 1.69. The van der Waals surface area contributed by atoms with E-state index in [4.69, 9.17) is 9.47 Å². The lowest BCUT2D eigenvalue weighted by atomic mass is 10.0. The van der Waals surface area contributed by atoms with Crippen molar-refractivity contribution in [2.24, 2.45) is 0 Å². The van der Waals surface area contributed by atoms with Crippen molar-refractivity contribution in [2.75, 3.05) is 30.5 Å². The first-order valence-corrected chi connectivity index (χ1v) is 6.65. The van der Waals surface area contributed by atoms with Gasteiger partial charge in [-0.25, -0.2) is 0 Å². The smallest absolute Gasteiger partial charge is 0.255 e. The maximum absolute atomic E-state index is 12.0. The van der Waals surface area contributed by atoms with Crippen LogP contribution in [0, 0.1) is 0 Å². The van der Waals surface area contributed by atoms with Crippen molar-refractivity contribution in [3.05, 3.63) is 23.8 Å². The number of fused-ring (bicyclic) bond motifs is 1. The van der Waals surface area contributed by atoms with Gasteiger partial charge in [-0.1, -0.05) is 6.07 Å². The van der Waals surface area contributed by atoms with Crippen LogP contribution in [0.25, 0.3) is 0 Å². The SMILES string of the molecule is O=C1CCc2ccc(NC(=O)C3COCCO3)cc2N1. The van der Waals surface area contributed by atoms with E-state index in [1.54, 1.807) is 6.07 Å². The molecule has 2 N–H and O–H groups in total. The van der Waals surface area contributed by atoms with Gasteiger partial charge in [0.1, 0.15) is 0 Å². The molecule has 0 spiro atoms. The van der Waals surface area contributed by atoms with Crippen molar-refractivity contribution < 1.29 is 19.1 Å². The summed E-state index contributed by atoms with van der Waals surface area (Å²) in [4.78, 5) is 23.4. The zero-order valence-electron chi connectivity index (χ0n) is 11.0. The van der Waals surface area contributed by atoms with Crippen LogP contribution < -0.4 is 10.6 Å². The van der Waals surface area contributed by atoms with E-state index in [0.29, 0.717) is 25.3 Å². The lowest BCUT2D eigenvalue weighted by Crippen LogP contribution is -2.39. The molecule has 1 atom stereocenters. The van der Waals surface area contributed by atoms with Crippen LogP contribution in [0.15, 0.2) is 18.2 Å². The summed E-state index contributed by atoms with van der Waals surface area (Å²) in [5.74, 6) is -0.225. The summed E-state index contributed by atoms with van der Waals surface area (Å²) in [6, 6.07) is 5.52. The number of aryl methyl sites for hydroxylation is 1. The molecular formula is C14H16N2O4. The fourth-order valence-corrected chi connectivity index (χ4v) is 2.31. The molecule has 2 heterocycles. The van der Waals surface area contributed by atoms with E-state index in [1.807, 2.05) is 12.1 Å². The Bertz CT molecular complexity index is 538. The molecule has 0 saturated carbocycles. The fraction of sp³-hybridized carbons (Fsp3) is 0.429. The molecule has 1 aromatic carbocycles. The number of hydrogen-bond acceptors (Lipinski definition) is 4. The molecule has 20 heavy (non-hydrogen) atoms. The predicted molar refractivity (Wildman–Crippen MR) is 72.6 cm³/mol. The maximum Gasteiger partial charge on any atom is 0.255 e. The highest BCUT2D eigenvalue weighted by Crippen LogP contribution is 2.26. The quantitative estimate of drug-likeness (QED) is 0.842. The molecule has 106 valence electrons. The van der Waals surface area contributed by atoms with Gasteiger partial charge < -0.3 is 20.1 Å². The van der Waals surface area contributed by atoms with Crippen molar-refractivity contribution in [1.82, 2.24) is 0 Å². The van der Waals surface area contributed by atoms with Crippen molar-refractivity contribution in [3.63, 3.8) is 0 Å². The largest absolute Gasteiger partial charge is 0.376 e. The van der Waals surface area contributed by atoms with Crippen molar-refractivity contribution in [2.45, 2.75) is 18.9 Å². The van der Waals surface area contributed by atoms with Crippen LogP contribution in [0.3, 0.4) is 0 Å². The lowest BCUT2D eigenvalue weighted by Gasteiger charge is -2.22. The number of ether oxygens (including phenoxy) is 2. The minimum atomic E-state index is -0.575. The molecule has 1 fully saturated rings. The number of hydrogen-bond donors (Lipinski definition) is 2. The van der Waals surface area contributed by atoms with Gasteiger partial charge in [0.2, 0.25) is 5.91 Å². The molecule has 0 bridgehead atoms. The van der Waals surface area contributed by atoms with E-state index in [9.17, 15) is 9.59 Å². The Morgan fingerprint density at radius 3 is 3.00 bits per heavy atom. The lowest BCUT2D eigenvalue weighted by molar-refractivity contribution is -0.142. The third-order valence-corrected chi connectivity index (χ3v) is 3.38. The average Bonchev–Trinajstić information content (AvgIpc) is 2.47. The minimum absolute atomic E-state index is 0.00462. The Morgan fingerprint density at radius 1 is 1.30 bits per heavy atom. The summed E-state index contributed by atoms with van der Waals surface area (Å²) in [5.41, 5.74) is 2.49. The van der Waals surface area contributed by atoms with Crippen molar-refractivity contribution >= 4 is 23.2 Å². The van der Waals surface area contributed by atoms with E-state index in [1.165, 1.54) is 0 Å². The van der Waals surface area contributed by atoms with E-state index in [2.05, 4.69) is 10.6 Å². The summed E-state index contributed by atoms with van der Waals surface area (Å²) in [5, 5.41) is 5.59. The highest BCUT2D eigenvalue weighted by Gasteiger charge is 2.23. The molecule has 0 radical (unpaired) electrons. The Morgan fingerprint density at radius 2 is 2.20 bits per heavy atom. The molecule has 1 aromatic rings. The van der Waals surface area contributed by atoms with Crippen LogP contribution in [0.5, 0.6) is 0 Å². The van der Waals surface area contributed by atoms with Crippen LogP contribution >= 0.6 is 0 Å². The van der Waals surface area contributed by atoms with Gasteiger partial charge in [-0.2, -0.15) is 0 Å². The van der Waals surface area contributed by atoms with Gasteiger partial charge in [-0.15, -0.1) is 0 Å². The Hall–Kier alpha value is -1.92. The van der Waals surface area contributed by atoms with Crippen LogP contribution in [0.1, 0.15) is 12.0 Å². The van der Waals surface area contributed by atoms with E-state index < -0.39 is 6.10 Å². The molecular weight excluding hydrogens is 260 g/mol. The monoisotopic (exact) mass is 276 g/mol. The maximum atomic E-state index is 12.0. The number of rotatable bonds is 2. The standard InChI is InChI=1S/C14H16N2O4/c17-13-4-2-9-1-3-10(7-11(9)16-13)15-14(18)12-8-19-5-6-20-12/h1,3,7,12H,2,4-6,8H2,(H,15,18)(H,16,17). The molecule has 3 rings (SSSR count). The van der Waals surface area contributed by atoms with Crippen molar-refractivity contribution in [3.8, 4) is 0 Å². The Labute approximate surface area is 116 Å². The number of nitrogens with one attached hydrogen (secondary N) is 2. The molecule has 1 unspecified atom stereocenters. The normalized spacial score (nSPS) is 21.8. The molecule has 1 saturated heterocycles. The number of carbonyl (C=O) groups excluding carboxylic acids is 2. The minimum Gasteiger partial charge on any atom is -0.376 e. The first kappa shape index (κ1) is 13.1. The molecule has 6 nitrogen and oxygen atoms in total. The first-order valence-electron chi connectivity index (χ1n) is 6.65. The second kappa shape index (κ2) is 5.60. The van der Waals surface area contributed by atoms with E-state index in [-0.39, 0.29) is 18.4 Å². The number of amides is 2. The van der Waals surface area contributed by atoms with Crippen molar-refractivity contribution in [1.29, 1.82) is 0 Å². The highest BCUT2D eigenvalue weighted by atomic mass is 16.6. The Kier molecular flexibility index (Phi) is 3.66. The van der Waals surface area contributed by atoms with Gasteiger partial charge in [0, 0.05) is 17.8 Å². The highest BCUT2D eigenvalue weighted by molar-refractivity contribution is 5.97. The van der Waals surface area contributed by atoms with E-state index >= 15 is 0 Å². The topological polar surface area (TPSA) is 76.7 Å². The van der Waals surface area contributed by atoms with Crippen LogP contribution in [-0.2, 0) is 25.5 Å². The van der Waals surface area contributed by atoms with Gasteiger partial charge in [0.25, 0.3) is 5.91 Å². The van der Waals surface area contributed by atoms with Gasteiger partial charge >= 0.3 is 0 Å². The van der Waals surface area contributed by atoms with Crippen LogP contribution in [-0.4, -0.2) is 37.7 Å². The number of benzene rings is 1. The van der Waals surface area contributed by atoms with Crippen LogP contribution in [0.4, 0.5) is 11.4 Å². The number of carbonyl (C=O) groups is 2. The average molecular weight is 276 g/mol. The molecule has 0 aromatic heterocycles. The van der Waals surface area contributed by atoms with Gasteiger partial charge in [0.15, 0.2) is 6.10 Å². The third-order valence-electron chi connectivity index (χ3n) is 3.38. The van der Waals surface area contributed by atoms with Gasteiger partial charge in [-0.05, 0) is 24.1 Å².